The largest absolute Gasteiger partial charge is 0.491 e. The van der Waals surface area contributed by atoms with Crippen molar-refractivity contribution in [2.24, 2.45) is 4.99 Å². The first-order valence-electron chi connectivity index (χ1n) is 11.9. The maximum Gasteiger partial charge on any atom is 0.338 e. The van der Waals surface area contributed by atoms with Crippen LogP contribution in [0.4, 0.5) is 0 Å². The summed E-state index contributed by atoms with van der Waals surface area (Å²) in [6, 6.07) is 15.7. The number of nitrogens with zero attached hydrogens (tertiary/aromatic N) is 3. The maximum atomic E-state index is 13.9. The third-order valence-electron chi connectivity index (χ3n) is 5.59. The number of thiazole rings is 1. The Labute approximate surface area is 218 Å². The van der Waals surface area contributed by atoms with Gasteiger partial charge in [0.25, 0.3) is 5.56 Å². The minimum absolute atomic E-state index is 0.110. The van der Waals surface area contributed by atoms with Gasteiger partial charge in [-0.1, -0.05) is 47.7 Å². The van der Waals surface area contributed by atoms with Crippen molar-refractivity contribution in [2.45, 2.75) is 39.8 Å². The Bertz CT molecular complexity index is 1580. The molecule has 1 aromatic heterocycles. The second-order valence-electron chi connectivity index (χ2n) is 8.49. The number of carbonyl (C=O) groups is 1. The van der Waals surface area contributed by atoms with Gasteiger partial charge in [0.1, 0.15) is 23.6 Å². The standard InChI is InChI=1S/C28H27N3O5S/c1-5-34-27(33)24-18(4)30-28-31(25(24)20-11-7-9-13-22(20)36-17(2)3)26(32)23(37-28)16-19-10-6-8-12-21(19)35-15-14-29/h6-13,16-17,25H,5,15H2,1-4H3/b23-16+. The molecular weight excluding hydrogens is 490 g/mol. The quantitative estimate of drug-likeness (QED) is 0.424. The maximum absolute atomic E-state index is 13.9. The van der Waals surface area contributed by atoms with Gasteiger partial charge in [0.2, 0.25) is 0 Å². The number of allylic oxidation sites excluding steroid dienone is 1. The Morgan fingerprint density at radius 2 is 1.89 bits per heavy atom. The fraction of sp³-hybridized carbons (Fsp3) is 0.286. The summed E-state index contributed by atoms with van der Waals surface area (Å²) in [7, 11) is 0. The van der Waals surface area contributed by atoms with Gasteiger partial charge in [-0.2, -0.15) is 5.26 Å². The molecule has 2 aromatic carbocycles. The van der Waals surface area contributed by atoms with Crippen LogP contribution in [0.3, 0.4) is 0 Å². The van der Waals surface area contributed by atoms with Crippen molar-refractivity contribution in [2.75, 3.05) is 13.2 Å². The van der Waals surface area contributed by atoms with Crippen molar-refractivity contribution in [3.05, 3.63) is 90.6 Å². The number of hydrogen-bond acceptors (Lipinski definition) is 8. The van der Waals surface area contributed by atoms with Crippen LogP contribution in [0.5, 0.6) is 11.5 Å². The van der Waals surface area contributed by atoms with Gasteiger partial charge in [-0.3, -0.25) is 9.36 Å². The lowest BCUT2D eigenvalue weighted by molar-refractivity contribution is -0.139. The zero-order valence-corrected chi connectivity index (χ0v) is 21.9. The van der Waals surface area contributed by atoms with Gasteiger partial charge in [-0.05, 0) is 45.9 Å². The number of para-hydroxylation sites is 2. The molecule has 1 unspecified atom stereocenters. The van der Waals surface area contributed by atoms with Crippen molar-refractivity contribution < 1.29 is 19.0 Å². The molecule has 8 nitrogen and oxygen atoms in total. The average molecular weight is 518 g/mol. The molecule has 9 heteroatoms. The molecule has 1 atom stereocenters. The molecule has 0 spiro atoms. The number of carbonyl (C=O) groups excluding carboxylic acids is 1. The summed E-state index contributed by atoms with van der Waals surface area (Å²) in [5.74, 6) is 0.534. The minimum Gasteiger partial charge on any atom is -0.491 e. The number of rotatable bonds is 8. The molecule has 0 bridgehead atoms. The van der Waals surface area contributed by atoms with Crippen molar-refractivity contribution in [3.63, 3.8) is 0 Å². The molecule has 0 aliphatic carbocycles. The van der Waals surface area contributed by atoms with Crippen molar-refractivity contribution in [1.82, 2.24) is 4.57 Å². The normalized spacial score (nSPS) is 15.1. The monoisotopic (exact) mass is 517 g/mol. The predicted octanol–water partition coefficient (Wildman–Crippen LogP) is 3.49. The molecular formula is C28H27N3O5S. The Hall–Kier alpha value is -4.16. The van der Waals surface area contributed by atoms with Crippen molar-refractivity contribution in [1.29, 1.82) is 5.26 Å². The van der Waals surface area contributed by atoms with Gasteiger partial charge in [0.15, 0.2) is 11.4 Å². The van der Waals surface area contributed by atoms with E-state index >= 15 is 0 Å². The van der Waals surface area contributed by atoms with Crippen LogP contribution in [0.1, 0.15) is 44.9 Å². The molecule has 37 heavy (non-hydrogen) atoms. The summed E-state index contributed by atoms with van der Waals surface area (Å²) in [6.07, 6.45) is 1.60. The van der Waals surface area contributed by atoms with E-state index in [1.54, 1.807) is 32.1 Å². The summed E-state index contributed by atoms with van der Waals surface area (Å²) < 4.78 is 18.9. The van der Waals surface area contributed by atoms with Gasteiger partial charge >= 0.3 is 5.97 Å². The van der Waals surface area contributed by atoms with E-state index in [2.05, 4.69) is 4.99 Å². The summed E-state index contributed by atoms with van der Waals surface area (Å²) >= 11 is 1.22. The predicted molar refractivity (Wildman–Crippen MR) is 140 cm³/mol. The van der Waals surface area contributed by atoms with Crippen molar-refractivity contribution in [3.8, 4) is 17.6 Å². The fourth-order valence-corrected chi connectivity index (χ4v) is 5.17. The van der Waals surface area contributed by atoms with Crippen LogP contribution in [0, 0.1) is 11.3 Å². The molecule has 0 amide bonds. The van der Waals surface area contributed by atoms with Crippen LogP contribution < -0.4 is 24.4 Å². The molecule has 0 fully saturated rings. The molecule has 3 aromatic rings. The van der Waals surface area contributed by atoms with E-state index in [0.29, 0.717) is 43.2 Å². The topological polar surface area (TPSA) is 103 Å². The van der Waals surface area contributed by atoms with Gasteiger partial charge in [-0.25, -0.2) is 9.79 Å². The zero-order valence-electron chi connectivity index (χ0n) is 21.1. The van der Waals surface area contributed by atoms with E-state index in [1.807, 2.05) is 56.3 Å². The van der Waals surface area contributed by atoms with E-state index < -0.39 is 12.0 Å². The molecule has 1 aliphatic heterocycles. The van der Waals surface area contributed by atoms with Crippen LogP contribution in [0.2, 0.25) is 0 Å². The first kappa shape index (κ1) is 25.9. The van der Waals surface area contributed by atoms with Crippen LogP contribution in [0.15, 0.2) is 69.6 Å². The van der Waals surface area contributed by atoms with E-state index in [0.717, 1.165) is 0 Å². The number of nitriles is 1. The number of esters is 1. The Balaban J connectivity index is 1.96. The summed E-state index contributed by atoms with van der Waals surface area (Å²) in [5.41, 5.74) is 1.78. The van der Waals surface area contributed by atoms with Crippen LogP contribution in [-0.4, -0.2) is 29.9 Å². The highest BCUT2D eigenvalue weighted by Crippen LogP contribution is 2.36. The van der Waals surface area contributed by atoms with Gasteiger partial charge in [0.05, 0.1) is 28.5 Å². The Kier molecular flexibility index (Phi) is 7.89. The van der Waals surface area contributed by atoms with E-state index in [1.165, 1.54) is 15.9 Å². The summed E-state index contributed by atoms with van der Waals surface area (Å²) in [5, 5.41) is 8.91. The third-order valence-corrected chi connectivity index (χ3v) is 6.57. The number of ether oxygens (including phenoxy) is 3. The Morgan fingerprint density at radius 1 is 1.19 bits per heavy atom. The molecule has 2 heterocycles. The zero-order chi connectivity index (χ0) is 26.5. The molecule has 0 N–H and O–H groups in total. The highest BCUT2D eigenvalue weighted by molar-refractivity contribution is 7.07. The summed E-state index contributed by atoms with van der Waals surface area (Å²) in [4.78, 5) is 32.1. The number of hydrogen-bond donors (Lipinski definition) is 0. The highest BCUT2D eigenvalue weighted by Gasteiger charge is 2.35. The molecule has 0 saturated carbocycles. The van der Waals surface area contributed by atoms with Crippen LogP contribution in [0.25, 0.3) is 6.08 Å². The lowest BCUT2D eigenvalue weighted by Crippen LogP contribution is -2.40. The van der Waals surface area contributed by atoms with E-state index in [4.69, 9.17) is 19.5 Å². The van der Waals surface area contributed by atoms with Crippen molar-refractivity contribution >= 4 is 23.4 Å². The first-order valence-corrected chi connectivity index (χ1v) is 12.7. The van der Waals surface area contributed by atoms with Gasteiger partial charge in [0, 0.05) is 11.1 Å². The lowest BCUT2D eigenvalue weighted by Gasteiger charge is -2.26. The molecule has 190 valence electrons. The second kappa shape index (κ2) is 11.3. The van der Waals surface area contributed by atoms with Crippen LogP contribution in [-0.2, 0) is 9.53 Å². The molecule has 0 saturated heterocycles. The molecule has 1 aliphatic rings. The van der Waals surface area contributed by atoms with E-state index in [9.17, 15) is 9.59 Å². The highest BCUT2D eigenvalue weighted by atomic mass is 32.1. The Morgan fingerprint density at radius 3 is 2.59 bits per heavy atom. The molecule has 0 radical (unpaired) electrons. The first-order chi connectivity index (χ1) is 17.8. The average Bonchev–Trinajstić information content (AvgIpc) is 3.17. The SMILES string of the molecule is CCOC(=O)C1=C(C)N=c2s/c(=C/c3ccccc3OCC#N)c(=O)n2C1c1ccccc1OC(C)C. The lowest BCUT2D eigenvalue weighted by atomic mass is 9.95. The smallest absolute Gasteiger partial charge is 0.338 e. The van der Waals surface area contributed by atoms with Crippen LogP contribution >= 0.6 is 11.3 Å². The van der Waals surface area contributed by atoms with Gasteiger partial charge < -0.3 is 14.2 Å². The second-order valence-corrected chi connectivity index (χ2v) is 9.50. The third kappa shape index (κ3) is 5.34. The van der Waals surface area contributed by atoms with E-state index in [-0.39, 0.29) is 24.9 Å². The number of benzene rings is 2. The molecule has 4 rings (SSSR count). The number of fused-ring (bicyclic) bond motifs is 1. The fourth-order valence-electron chi connectivity index (χ4n) is 4.14. The summed E-state index contributed by atoms with van der Waals surface area (Å²) in [6.45, 7) is 7.40. The van der Waals surface area contributed by atoms with Gasteiger partial charge in [-0.15, -0.1) is 0 Å². The number of aromatic nitrogens is 1. The minimum atomic E-state index is -0.780.